The molecule has 4 heteroatoms. The van der Waals surface area contributed by atoms with Crippen LogP contribution in [0.15, 0.2) is 24.7 Å². The summed E-state index contributed by atoms with van der Waals surface area (Å²) < 4.78 is 10.1. The lowest BCUT2D eigenvalue weighted by molar-refractivity contribution is -0.148. The van der Waals surface area contributed by atoms with Crippen LogP contribution in [0.25, 0.3) is 0 Å². The van der Waals surface area contributed by atoms with Crippen LogP contribution in [0.3, 0.4) is 0 Å². The molecule has 0 spiro atoms. The summed E-state index contributed by atoms with van der Waals surface area (Å²) in [5.41, 5.74) is -0.446. The molecule has 0 aromatic heterocycles. The van der Waals surface area contributed by atoms with Gasteiger partial charge in [-0.2, -0.15) is 0 Å². The van der Waals surface area contributed by atoms with Gasteiger partial charge in [0.2, 0.25) is 0 Å². The minimum atomic E-state index is -1.52. The number of ether oxygens (including phenoxy) is 2. The second-order valence-electron chi connectivity index (χ2n) is 5.39. The number of hydrogen-bond acceptors (Lipinski definition) is 3. The second-order valence-corrected chi connectivity index (χ2v) is 10.7. The van der Waals surface area contributed by atoms with E-state index in [4.69, 9.17) is 9.47 Å². The van der Waals surface area contributed by atoms with E-state index in [1.54, 1.807) is 12.5 Å². The lowest BCUT2D eigenvalue weighted by Gasteiger charge is -2.37. The monoisotopic (exact) mass is 240 g/mol. The van der Waals surface area contributed by atoms with Crippen LogP contribution in [0, 0.1) is 5.41 Å². The molecule has 0 aromatic carbocycles. The Morgan fingerprint density at radius 3 is 2.50 bits per heavy atom. The first kappa shape index (κ1) is 13.0. The molecule has 0 amide bonds. The fourth-order valence-electron chi connectivity index (χ4n) is 2.26. The van der Waals surface area contributed by atoms with Crippen molar-refractivity contribution in [1.29, 1.82) is 0 Å². The zero-order chi connectivity index (χ0) is 12.4. The SMILES string of the molecule is COC(=O)[C@]1(C)C=COC=C[C@@H]1[Si](C)(C)C. The van der Waals surface area contributed by atoms with Gasteiger partial charge >= 0.3 is 5.97 Å². The van der Waals surface area contributed by atoms with Gasteiger partial charge in [-0.15, -0.1) is 0 Å². The van der Waals surface area contributed by atoms with Gasteiger partial charge in [-0.05, 0) is 24.6 Å². The molecule has 0 bridgehead atoms. The number of allylic oxidation sites excluding steroid dienone is 1. The minimum Gasteiger partial charge on any atom is -0.473 e. The highest BCUT2D eigenvalue weighted by Gasteiger charge is 2.46. The van der Waals surface area contributed by atoms with Crippen LogP contribution >= 0.6 is 0 Å². The molecule has 0 fully saturated rings. The van der Waals surface area contributed by atoms with Crippen LogP contribution in [0.4, 0.5) is 0 Å². The van der Waals surface area contributed by atoms with Crippen molar-refractivity contribution >= 4 is 14.0 Å². The van der Waals surface area contributed by atoms with Gasteiger partial charge in [0.05, 0.1) is 33.1 Å². The first-order chi connectivity index (χ1) is 7.32. The van der Waals surface area contributed by atoms with Crippen LogP contribution < -0.4 is 0 Å². The third-order valence-electron chi connectivity index (χ3n) is 3.05. The van der Waals surface area contributed by atoms with Crippen molar-refractivity contribution in [2.75, 3.05) is 7.11 Å². The molecule has 90 valence electrons. The summed E-state index contributed by atoms with van der Waals surface area (Å²) in [5, 5.41) is 0. The molecule has 2 atom stereocenters. The fourth-order valence-corrected chi connectivity index (χ4v) is 4.93. The maximum absolute atomic E-state index is 12.0. The molecule has 0 unspecified atom stereocenters. The smallest absolute Gasteiger partial charge is 0.315 e. The Bertz CT molecular complexity index is 328. The zero-order valence-corrected chi connectivity index (χ0v) is 11.6. The predicted octanol–water partition coefficient (Wildman–Crippen LogP) is 2.93. The largest absolute Gasteiger partial charge is 0.473 e. The minimum absolute atomic E-state index is 0.172. The predicted molar refractivity (Wildman–Crippen MR) is 66.6 cm³/mol. The van der Waals surface area contributed by atoms with Crippen LogP contribution in [-0.4, -0.2) is 21.2 Å². The van der Waals surface area contributed by atoms with E-state index in [2.05, 4.69) is 19.6 Å². The summed E-state index contributed by atoms with van der Waals surface area (Å²) in [4.78, 5) is 12.0. The molecule has 1 heterocycles. The first-order valence-corrected chi connectivity index (χ1v) is 8.98. The average Bonchev–Trinajstić information content (AvgIpc) is 2.38. The van der Waals surface area contributed by atoms with Crippen LogP contribution in [-0.2, 0) is 14.3 Å². The quantitative estimate of drug-likeness (QED) is 0.550. The van der Waals surface area contributed by atoms with Gasteiger partial charge < -0.3 is 9.47 Å². The molecule has 0 saturated carbocycles. The molecule has 0 aliphatic carbocycles. The number of esters is 1. The summed E-state index contributed by atoms with van der Waals surface area (Å²) >= 11 is 0. The van der Waals surface area contributed by atoms with Crippen molar-refractivity contribution < 1.29 is 14.3 Å². The number of methoxy groups -OCH3 is 1. The summed E-state index contributed by atoms with van der Waals surface area (Å²) in [6.45, 7) is 8.63. The first-order valence-electron chi connectivity index (χ1n) is 5.40. The van der Waals surface area contributed by atoms with Gasteiger partial charge in [-0.1, -0.05) is 19.6 Å². The highest BCUT2D eigenvalue weighted by Crippen LogP contribution is 2.44. The summed E-state index contributed by atoms with van der Waals surface area (Å²) in [6, 6.07) is 0. The Morgan fingerprint density at radius 1 is 1.38 bits per heavy atom. The Morgan fingerprint density at radius 2 is 2.00 bits per heavy atom. The molecule has 1 aliphatic rings. The highest BCUT2D eigenvalue weighted by molar-refractivity contribution is 6.78. The summed E-state index contributed by atoms with van der Waals surface area (Å²) in [7, 11) is -0.0932. The standard InChI is InChI=1S/C12H20O3Si/c1-12(11(13)14-2)7-9-15-8-6-10(12)16(3,4)5/h6-10H,1-5H3/t10-,12+/m0/s1. The lowest BCUT2D eigenvalue weighted by atomic mass is 9.86. The number of carbonyl (C=O) groups is 1. The van der Waals surface area contributed by atoms with Gasteiger partial charge in [-0.25, -0.2) is 0 Å². The van der Waals surface area contributed by atoms with Crippen molar-refractivity contribution in [3.05, 3.63) is 24.7 Å². The Labute approximate surface area is 98.1 Å². The topological polar surface area (TPSA) is 35.5 Å². The van der Waals surface area contributed by atoms with Gasteiger partial charge in [0, 0.05) is 0 Å². The van der Waals surface area contributed by atoms with E-state index >= 15 is 0 Å². The Balaban J connectivity index is 3.19. The maximum Gasteiger partial charge on any atom is 0.315 e. The average molecular weight is 240 g/mol. The molecule has 3 nitrogen and oxygen atoms in total. The van der Waals surface area contributed by atoms with E-state index in [0.717, 1.165) is 0 Å². The third-order valence-corrected chi connectivity index (χ3v) is 5.70. The molecule has 0 aromatic rings. The number of carbonyl (C=O) groups excluding carboxylic acids is 1. The molecule has 0 saturated heterocycles. The number of hydrogen-bond donors (Lipinski definition) is 0. The fraction of sp³-hybridized carbons (Fsp3) is 0.583. The molecule has 0 N–H and O–H groups in total. The van der Waals surface area contributed by atoms with Crippen LogP contribution in [0.5, 0.6) is 0 Å². The normalized spacial score (nSPS) is 29.4. The van der Waals surface area contributed by atoms with E-state index in [1.807, 2.05) is 19.1 Å². The summed E-state index contributed by atoms with van der Waals surface area (Å²) in [5.74, 6) is -0.202. The molecule has 0 radical (unpaired) electrons. The highest BCUT2D eigenvalue weighted by atomic mass is 28.3. The van der Waals surface area contributed by atoms with Gasteiger partial charge in [-0.3, -0.25) is 4.79 Å². The van der Waals surface area contributed by atoms with Crippen molar-refractivity contribution in [1.82, 2.24) is 0 Å². The third kappa shape index (κ3) is 2.37. The Hall–Kier alpha value is -1.03. The van der Waals surface area contributed by atoms with E-state index in [1.165, 1.54) is 7.11 Å². The molecule has 1 rings (SSSR count). The van der Waals surface area contributed by atoms with E-state index in [0.29, 0.717) is 0 Å². The summed E-state index contributed by atoms with van der Waals surface area (Å²) in [6.07, 6.45) is 7.02. The van der Waals surface area contributed by atoms with Crippen molar-refractivity contribution in [3.63, 3.8) is 0 Å². The van der Waals surface area contributed by atoms with Crippen molar-refractivity contribution in [3.8, 4) is 0 Å². The Kier molecular flexibility index (Phi) is 3.63. The maximum atomic E-state index is 12.0. The van der Waals surface area contributed by atoms with Crippen molar-refractivity contribution in [2.45, 2.75) is 32.1 Å². The molecular formula is C12H20O3Si. The van der Waals surface area contributed by atoms with E-state index in [9.17, 15) is 4.79 Å². The molecular weight excluding hydrogens is 220 g/mol. The second kappa shape index (κ2) is 4.45. The molecule has 1 aliphatic heterocycles. The molecule has 16 heavy (non-hydrogen) atoms. The van der Waals surface area contributed by atoms with Crippen LogP contribution in [0.1, 0.15) is 6.92 Å². The van der Waals surface area contributed by atoms with Crippen molar-refractivity contribution in [2.24, 2.45) is 5.41 Å². The van der Waals surface area contributed by atoms with E-state index in [-0.39, 0.29) is 11.5 Å². The van der Waals surface area contributed by atoms with Gasteiger partial charge in [0.15, 0.2) is 0 Å². The van der Waals surface area contributed by atoms with Gasteiger partial charge in [0.1, 0.15) is 0 Å². The lowest BCUT2D eigenvalue weighted by Crippen LogP contribution is -2.42. The van der Waals surface area contributed by atoms with Gasteiger partial charge in [0.25, 0.3) is 0 Å². The van der Waals surface area contributed by atoms with E-state index < -0.39 is 13.5 Å². The van der Waals surface area contributed by atoms with Crippen LogP contribution in [0.2, 0.25) is 25.2 Å². The number of rotatable bonds is 2. The zero-order valence-electron chi connectivity index (χ0n) is 10.6.